The van der Waals surface area contributed by atoms with Gasteiger partial charge >= 0.3 is 0 Å². The summed E-state index contributed by atoms with van der Waals surface area (Å²) < 4.78 is 5.84. The molecule has 3 rings (SSSR count). The van der Waals surface area contributed by atoms with Crippen LogP contribution in [0.25, 0.3) is 11.0 Å². The highest BCUT2D eigenvalue weighted by atomic mass is 32.2. The molecule has 0 fully saturated rings. The largest absolute Gasteiger partial charge is 0.460 e. The third kappa shape index (κ3) is 2.41. The molecule has 0 saturated heterocycles. The van der Waals surface area contributed by atoms with E-state index in [1.54, 1.807) is 11.8 Å². The molecule has 0 bridgehead atoms. The van der Waals surface area contributed by atoms with Gasteiger partial charge in [-0.3, -0.25) is 0 Å². The number of hydrogen-bond acceptors (Lipinski definition) is 3. The molecule has 1 heterocycles. The average molecular weight is 283 g/mol. The lowest BCUT2D eigenvalue weighted by Crippen LogP contribution is -1.95. The first kappa shape index (κ1) is 13.1. The van der Waals surface area contributed by atoms with Crippen LogP contribution in [0.2, 0.25) is 0 Å². The number of nitrogens with two attached hydrogens (primary N) is 1. The van der Waals surface area contributed by atoms with Crippen LogP contribution in [0.15, 0.2) is 51.8 Å². The molecule has 0 amide bonds. The van der Waals surface area contributed by atoms with Gasteiger partial charge in [0.1, 0.15) is 11.3 Å². The van der Waals surface area contributed by atoms with Crippen LogP contribution in [-0.2, 0) is 5.75 Å². The highest BCUT2D eigenvalue weighted by molar-refractivity contribution is 7.98. The van der Waals surface area contributed by atoms with Crippen LogP contribution in [-0.4, -0.2) is 0 Å². The fraction of sp³-hybridized carbons (Fsp3) is 0.176. The standard InChI is InChI=1S/C17H17NOS/c1-11-7-8-12(2)17(16(11)18)20-10-14-9-13-5-3-4-6-15(13)19-14/h3-9H,10,18H2,1-2H3. The zero-order valence-electron chi connectivity index (χ0n) is 11.6. The van der Waals surface area contributed by atoms with Crippen molar-refractivity contribution in [3.8, 4) is 0 Å². The zero-order valence-corrected chi connectivity index (χ0v) is 12.5. The van der Waals surface area contributed by atoms with Gasteiger partial charge in [-0.25, -0.2) is 0 Å². The Morgan fingerprint density at radius 3 is 2.60 bits per heavy atom. The molecule has 1 aromatic heterocycles. The number of para-hydroxylation sites is 1. The van der Waals surface area contributed by atoms with Gasteiger partial charge in [-0.2, -0.15) is 0 Å². The summed E-state index contributed by atoms with van der Waals surface area (Å²) in [5.74, 6) is 1.78. The Kier molecular flexibility index (Phi) is 3.45. The van der Waals surface area contributed by atoms with Crippen LogP contribution in [0.1, 0.15) is 16.9 Å². The second-order valence-corrected chi connectivity index (χ2v) is 5.97. The van der Waals surface area contributed by atoms with E-state index in [2.05, 4.69) is 31.2 Å². The monoisotopic (exact) mass is 283 g/mol. The van der Waals surface area contributed by atoms with E-state index in [1.807, 2.05) is 25.1 Å². The first-order valence-corrected chi connectivity index (χ1v) is 7.59. The normalized spacial score (nSPS) is 11.1. The minimum absolute atomic E-state index is 0.795. The Balaban J connectivity index is 1.84. The number of hydrogen-bond donors (Lipinski definition) is 1. The third-order valence-electron chi connectivity index (χ3n) is 3.45. The number of anilines is 1. The van der Waals surface area contributed by atoms with E-state index in [4.69, 9.17) is 10.2 Å². The van der Waals surface area contributed by atoms with Gasteiger partial charge in [0, 0.05) is 16.0 Å². The molecule has 20 heavy (non-hydrogen) atoms. The number of rotatable bonds is 3. The Morgan fingerprint density at radius 1 is 1.05 bits per heavy atom. The quantitative estimate of drug-likeness (QED) is 0.547. The van der Waals surface area contributed by atoms with Gasteiger partial charge in [0.2, 0.25) is 0 Å². The number of benzene rings is 2. The van der Waals surface area contributed by atoms with E-state index in [-0.39, 0.29) is 0 Å². The molecule has 0 unspecified atom stereocenters. The molecule has 2 N–H and O–H groups in total. The molecule has 0 aliphatic carbocycles. The molecule has 2 nitrogen and oxygen atoms in total. The molecule has 102 valence electrons. The summed E-state index contributed by atoms with van der Waals surface area (Å²) in [5.41, 5.74) is 10.3. The first-order valence-electron chi connectivity index (χ1n) is 6.61. The molecular formula is C17H17NOS. The first-order chi connectivity index (χ1) is 9.65. The molecular weight excluding hydrogens is 266 g/mol. The number of nitrogen functional groups attached to an aromatic ring is 1. The Bertz CT molecular complexity index is 728. The van der Waals surface area contributed by atoms with Gasteiger partial charge in [-0.15, -0.1) is 11.8 Å². The van der Waals surface area contributed by atoms with Crippen LogP contribution in [0.5, 0.6) is 0 Å². The summed E-state index contributed by atoms with van der Waals surface area (Å²) in [6.07, 6.45) is 0. The van der Waals surface area contributed by atoms with E-state index >= 15 is 0 Å². The summed E-state index contributed by atoms with van der Waals surface area (Å²) >= 11 is 1.74. The second-order valence-electron chi connectivity index (χ2n) is 4.98. The highest BCUT2D eigenvalue weighted by Gasteiger charge is 2.09. The van der Waals surface area contributed by atoms with E-state index in [0.717, 1.165) is 38.6 Å². The fourth-order valence-corrected chi connectivity index (χ4v) is 3.29. The van der Waals surface area contributed by atoms with E-state index in [1.165, 1.54) is 5.56 Å². The van der Waals surface area contributed by atoms with Crippen LogP contribution >= 0.6 is 11.8 Å². The van der Waals surface area contributed by atoms with Crippen molar-refractivity contribution in [3.05, 3.63) is 59.4 Å². The molecule has 0 spiro atoms. The predicted molar refractivity (Wildman–Crippen MR) is 86.1 cm³/mol. The lowest BCUT2D eigenvalue weighted by atomic mass is 10.1. The number of furan rings is 1. The Hall–Kier alpha value is -1.87. The van der Waals surface area contributed by atoms with Crippen LogP contribution in [0.3, 0.4) is 0 Å². The predicted octanol–water partition coefficient (Wildman–Crippen LogP) is 4.92. The van der Waals surface area contributed by atoms with Crippen molar-refractivity contribution in [2.45, 2.75) is 24.5 Å². The van der Waals surface area contributed by atoms with Crippen LogP contribution in [0.4, 0.5) is 5.69 Å². The lowest BCUT2D eigenvalue weighted by Gasteiger charge is -2.10. The minimum Gasteiger partial charge on any atom is -0.460 e. The van der Waals surface area contributed by atoms with E-state index in [9.17, 15) is 0 Å². The summed E-state index contributed by atoms with van der Waals surface area (Å²) in [6.45, 7) is 4.14. The second kappa shape index (κ2) is 5.25. The van der Waals surface area contributed by atoms with Crippen molar-refractivity contribution in [2.75, 3.05) is 5.73 Å². The maximum absolute atomic E-state index is 6.17. The average Bonchev–Trinajstić information content (AvgIpc) is 2.86. The SMILES string of the molecule is Cc1ccc(C)c(SCc2cc3ccccc3o2)c1N. The smallest absolute Gasteiger partial charge is 0.134 e. The molecule has 0 atom stereocenters. The molecule has 0 aliphatic heterocycles. The van der Waals surface area contributed by atoms with E-state index < -0.39 is 0 Å². The van der Waals surface area contributed by atoms with Crippen molar-refractivity contribution in [2.24, 2.45) is 0 Å². The third-order valence-corrected chi connectivity index (χ3v) is 4.71. The van der Waals surface area contributed by atoms with Crippen molar-refractivity contribution in [1.82, 2.24) is 0 Å². The topological polar surface area (TPSA) is 39.2 Å². The van der Waals surface area contributed by atoms with Crippen molar-refractivity contribution < 1.29 is 4.42 Å². The van der Waals surface area contributed by atoms with Crippen molar-refractivity contribution >= 4 is 28.4 Å². The van der Waals surface area contributed by atoms with Gasteiger partial charge in [-0.1, -0.05) is 30.3 Å². The van der Waals surface area contributed by atoms with Crippen LogP contribution in [0, 0.1) is 13.8 Å². The summed E-state index contributed by atoms with van der Waals surface area (Å²) in [7, 11) is 0. The number of aryl methyl sites for hydroxylation is 2. The minimum atomic E-state index is 0.795. The summed E-state index contributed by atoms with van der Waals surface area (Å²) in [4.78, 5) is 1.16. The van der Waals surface area contributed by atoms with Crippen molar-refractivity contribution in [1.29, 1.82) is 0 Å². The zero-order chi connectivity index (χ0) is 14.1. The van der Waals surface area contributed by atoms with Gasteiger partial charge in [0.25, 0.3) is 0 Å². The number of thioether (sulfide) groups is 1. The van der Waals surface area contributed by atoms with Crippen molar-refractivity contribution in [3.63, 3.8) is 0 Å². The van der Waals surface area contributed by atoms with Crippen LogP contribution < -0.4 is 5.73 Å². The number of fused-ring (bicyclic) bond motifs is 1. The molecule has 3 heteroatoms. The fourth-order valence-electron chi connectivity index (χ4n) is 2.25. The Labute approximate surface area is 123 Å². The van der Waals surface area contributed by atoms with E-state index in [0.29, 0.717) is 0 Å². The van der Waals surface area contributed by atoms with Gasteiger partial charge in [-0.05, 0) is 37.1 Å². The molecule has 0 radical (unpaired) electrons. The maximum atomic E-state index is 6.17. The summed E-state index contributed by atoms with van der Waals surface area (Å²) in [6, 6.07) is 14.4. The molecule has 0 saturated carbocycles. The Morgan fingerprint density at radius 2 is 1.80 bits per heavy atom. The summed E-state index contributed by atoms with van der Waals surface area (Å²) in [5, 5.41) is 1.15. The van der Waals surface area contributed by atoms with Gasteiger partial charge < -0.3 is 10.2 Å². The maximum Gasteiger partial charge on any atom is 0.134 e. The van der Waals surface area contributed by atoms with Gasteiger partial charge in [0.15, 0.2) is 0 Å². The van der Waals surface area contributed by atoms with Gasteiger partial charge in [0.05, 0.1) is 5.75 Å². The molecule has 0 aliphatic rings. The highest BCUT2D eigenvalue weighted by Crippen LogP contribution is 2.34. The molecule has 3 aromatic rings. The lowest BCUT2D eigenvalue weighted by molar-refractivity contribution is 0.574. The molecule has 2 aromatic carbocycles.